The normalized spacial score (nSPS) is 10.9. The fraction of sp³-hybridized carbons (Fsp3) is 0.643. The number of rotatable bonds is 9. The van der Waals surface area contributed by atoms with E-state index in [0.29, 0.717) is 12.8 Å². The summed E-state index contributed by atoms with van der Waals surface area (Å²) in [6.45, 7) is 4.99. The second-order valence-corrected chi connectivity index (χ2v) is 4.63. The molecule has 0 heterocycles. The molecule has 19 heavy (non-hydrogen) atoms. The zero-order valence-corrected chi connectivity index (χ0v) is 11.9. The van der Waals surface area contributed by atoms with Crippen LogP contribution in [0.2, 0.25) is 0 Å². The average molecular weight is 268 g/mol. The van der Waals surface area contributed by atoms with Gasteiger partial charge in [0.25, 0.3) is 0 Å². The van der Waals surface area contributed by atoms with Crippen molar-refractivity contribution in [3.8, 4) is 0 Å². The fourth-order valence-corrected chi connectivity index (χ4v) is 2.18. The summed E-state index contributed by atoms with van der Waals surface area (Å²) in [4.78, 5) is 58.3. The van der Waals surface area contributed by atoms with Crippen molar-refractivity contribution in [2.45, 2.75) is 53.4 Å². The molecule has 0 saturated carbocycles. The molecule has 0 aromatic carbocycles. The first-order valence-electron chi connectivity index (χ1n) is 6.29. The average Bonchev–Trinajstić information content (AvgIpc) is 2.25. The second kappa shape index (κ2) is 7.07. The predicted octanol–water partition coefficient (Wildman–Crippen LogP) is 1.46. The molecule has 0 aromatic heterocycles. The van der Waals surface area contributed by atoms with Gasteiger partial charge in [0.05, 0.1) is 0 Å². The van der Waals surface area contributed by atoms with E-state index in [0.717, 1.165) is 20.8 Å². The molecule has 0 N–H and O–H groups in total. The molecule has 0 aromatic rings. The molecule has 5 heteroatoms. The molecular weight excluding hydrogens is 248 g/mol. The number of hydrogen-bond donors (Lipinski definition) is 0. The maximum absolute atomic E-state index is 12.1. The maximum Gasteiger partial charge on any atom is 0.202 e. The third-order valence-corrected chi connectivity index (χ3v) is 3.16. The highest BCUT2D eigenvalue weighted by molar-refractivity contribution is 6.37. The highest BCUT2D eigenvalue weighted by Gasteiger charge is 2.51. The van der Waals surface area contributed by atoms with Gasteiger partial charge >= 0.3 is 0 Å². The van der Waals surface area contributed by atoms with Crippen LogP contribution in [0.25, 0.3) is 0 Å². The first-order valence-corrected chi connectivity index (χ1v) is 6.29. The molecule has 0 atom stereocenters. The molecule has 0 rings (SSSR count). The summed E-state index contributed by atoms with van der Waals surface area (Å²) in [6, 6.07) is 0. The van der Waals surface area contributed by atoms with E-state index in [9.17, 15) is 24.0 Å². The number of carbonyl (C=O) groups excluding carboxylic acids is 5. The van der Waals surface area contributed by atoms with Crippen LogP contribution < -0.4 is 0 Å². The molecule has 0 bridgehead atoms. The minimum Gasteiger partial charge on any atom is -0.300 e. The van der Waals surface area contributed by atoms with E-state index in [1.807, 2.05) is 6.92 Å². The largest absolute Gasteiger partial charge is 0.300 e. The molecule has 0 aliphatic heterocycles. The van der Waals surface area contributed by atoms with Gasteiger partial charge in [0.1, 0.15) is 5.78 Å². The molecule has 0 spiro atoms. The lowest BCUT2D eigenvalue weighted by atomic mass is 9.72. The van der Waals surface area contributed by atoms with E-state index >= 15 is 0 Å². The van der Waals surface area contributed by atoms with Gasteiger partial charge in [-0.25, -0.2) is 0 Å². The van der Waals surface area contributed by atoms with E-state index in [4.69, 9.17) is 0 Å². The lowest BCUT2D eigenvalue weighted by Crippen LogP contribution is -2.49. The van der Waals surface area contributed by atoms with Gasteiger partial charge in [-0.1, -0.05) is 6.92 Å². The molecule has 0 unspecified atom stereocenters. The number of Topliss-reactive ketones (excluding diaryl/α,β-unsaturated/α-hetero) is 5. The molecule has 0 aliphatic rings. The lowest BCUT2D eigenvalue weighted by molar-refractivity contribution is -0.153. The van der Waals surface area contributed by atoms with Gasteiger partial charge in [-0.15, -0.1) is 0 Å². The van der Waals surface area contributed by atoms with Crippen LogP contribution in [-0.2, 0) is 24.0 Å². The highest BCUT2D eigenvalue weighted by Crippen LogP contribution is 2.26. The molecular formula is C14H20O5. The Bertz CT molecular complexity index is 384. The van der Waals surface area contributed by atoms with E-state index in [1.54, 1.807) is 0 Å². The van der Waals surface area contributed by atoms with Gasteiger partial charge in [0, 0.05) is 19.3 Å². The van der Waals surface area contributed by atoms with Crippen LogP contribution in [0.3, 0.4) is 0 Å². The quantitative estimate of drug-likeness (QED) is 0.591. The third kappa shape index (κ3) is 3.66. The van der Waals surface area contributed by atoms with Gasteiger partial charge in [-0.05, 0) is 27.2 Å². The van der Waals surface area contributed by atoms with Crippen molar-refractivity contribution in [1.29, 1.82) is 0 Å². The Kier molecular flexibility index (Phi) is 6.45. The van der Waals surface area contributed by atoms with Crippen LogP contribution >= 0.6 is 0 Å². The van der Waals surface area contributed by atoms with Crippen molar-refractivity contribution in [1.82, 2.24) is 0 Å². The number of ketones is 5. The number of carbonyl (C=O) groups is 5. The molecule has 0 aliphatic carbocycles. The maximum atomic E-state index is 12.1. The zero-order chi connectivity index (χ0) is 15.2. The van der Waals surface area contributed by atoms with Crippen molar-refractivity contribution >= 4 is 28.9 Å². The van der Waals surface area contributed by atoms with Crippen molar-refractivity contribution in [2.75, 3.05) is 0 Å². The first-order chi connectivity index (χ1) is 8.71. The van der Waals surface area contributed by atoms with Crippen LogP contribution in [-0.4, -0.2) is 28.9 Å². The van der Waals surface area contributed by atoms with Gasteiger partial charge in [-0.2, -0.15) is 0 Å². The molecule has 0 amide bonds. The summed E-state index contributed by atoms with van der Waals surface area (Å²) in [5.41, 5.74) is -2.22. The molecule has 0 fully saturated rings. The Balaban J connectivity index is 5.15. The minimum atomic E-state index is -2.22. The van der Waals surface area contributed by atoms with Crippen LogP contribution in [0.4, 0.5) is 0 Å². The predicted molar refractivity (Wildman–Crippen MR) is 68.6 cm³/mol. The zero-order valence-electron chi connectivity index (χ0n) is 11.9. The van der Waals surface area contributed by atoms with Crippen molar-refractivity contribution < 1.29 is 24.0 Å². The Morgan fingerprint density at radius 1 is 0.737 bits per heavy atom. The topological polar surface area (TPSA) is 85.3 Å². The summed E-state index contributed by atoms with van der Waals surface area (Å²) in [6.07, 6.45) is 0.727. The highest BCUT2D eigenvalue weighted by atomic mass is 16.2. The lowest BCUT2D eigenvalue weighted by Gasteiger charge is -2.23. The van der Waals surface area contributed by atoms with E-state index in [1.165, 1.54) is 0 Å². The third-order valence-electron chi connectivity index (χ3n) is 3.16. The number of hydrogen-bond acceptors (Lipinski definition) is 5. The summed E-state index contributed by atoms with van der Waals surface area (Å²) >= 11 is 0. The van der Waals surface area contributed by atoms with Gasteiger partial charge in [0.15, 0.2) is 23.1 Å². The van der Waals surface area contributed by atoms with Gasteiger partial charge in [-0.3, -0.25) is 24.0 Å². The van der Waals surface area contributed by atoms with Crippen LogP contribution in [0, 0.1) is 5.41 Å². The Morgan fingerprint density at radius 2 is 1.16 bits per heavy atom. The van der Waals surface area contributed by atoms with Gasteiger partial charge in [0.2, 0.25) is 5.41 Å². The Morgan fingerprint density at radius 3 is 1.47 bits per heavy atom. The van der Waals surface area contributed by atoms with Crippen molar-refractivity contribution in [3.63, 3.8) is 0 Å². The molecule has 0 radical (unpaired) electrons. The Labute approximate surface area is 112 Å². The monoisotopic (exact) mass is 268 g/mol. The van der Waals surface area contributed by atoms with Crippen LogP contribution in [0.1, 0.15) is 53.4 Å². The van der Waals surface area contributed by atoms with Gasteiger partial charge < -0.3 is 0 Å². The first kappa shape index (κ1) is 17.4. The standard InChI is InChI=1S/C14H20O5/c1-5-6-12(18)7-8-13(19)14(9(2)15,10(3)16)11(4)17/h5-8H2,1-4H3. The van der Waals surface area contributed by atoms with E-state index < -0.39 is 28.5 Å². The van der Waals surface area contributed by atoms with Crippen molar-refractivity contribution in [3.05, 3.63) is 0 Å². The van der Waals surface area contributed by atoms with Crippen LogP contribution in [0.5, 0.6) is 0 Å². The van der Waals surface area contributed by atoms with Crippen molar-refractivity contribution in [2.24, 2.45) is 5.41 Å². The second-order valence-electron chi connectivity index (χ2n) is 4.63. The molecule has 106 valence electrons. The molecule has 0 saturated heterocycles. The Hall–Kier alpha value is -1.65. The summed E-state index contributed by atoms with van der Waals surface area (Å²) < 4.78 is 0. The molecule has 5 nitrogen and oxygen atoms in total. The minimum absolute atomic E-state index is 0.0394. The summed E-state index contributed by atoms with van der Waals surface area (Å²) in [7, 11) is 0. The fourth-order valence-electron chi connectivity index (χ4n) is 2.18. The summed E-state index contributed by atoms with van der Waals surface area (Å²) in [5, 5.41) is 0. The van der Waals surface area contributed by atoms with Crippen LogP contribution in [0.15, 0.2) is 0 Å². The van der Waals surface area contributed by atoms with E-state index in [2.05, 4.69) is 0 Å². The van der Waals surface area contributed by atoms with E-state index in [-0.39, 0.29) is 18.6 Å². The SMILES string of the molecule is CCCC(=O)CCC(=O)C(C(C)=O)(C(C)=O)C(C)=O. The smallest absolute Gasteiger partial charge is 0.202 e. The summed E-state index contributed by atoms with van der Waals surface area (Å²) in [5.74, 6) is -3.22.